The fourth-order valence-corrected chi connectivity index (χ4v) is 2.67. The van der Waals surface area contributed by atoms with E-state index in [-0.39, 0.29) is 0 Å². The van der Waals surface area contributed by atoms with E-state index in [1.165, 1.54) is 51.4 Å². The summed E-state index contributed by atoms with van der Waals surface area (Å²) in [6.07, 6.45) is 11.5. The fourth-order valence-electron chi connectivity index (χ4n) is 2.67. The second-order valence-corrected chi connectivity index (χ2v) is 6.76. The minimum Gasteiger partial charge on any atom is -0.378 e. The summed E-state index contributed by atoms with van der Waals surface area (Å²) in [5.74, 6) is 0.521. The molecule has 0 spiro atoms. The average molecular weight is 314 g/mol. The van der Waals surface area contributed by atoms with Crippen molar-refractivity contribution in [1.82, 2.24) is 0 Å². The van der Waals surface area contributed by atoms with Crippen LogP contribution in [0.4, 0.5) is 0 Å². The molecule has 0 radical (unpaired) electrons. The van der Waals surface area contributed by atoms with Gasteiger partial charge in [0.1, 0.15) is 12.2 Å². The van der Waals surface area contributed by atoms with E-state index in [1.807, 2.05) is 0 Å². The maximum atomic E-state index is 5.77. The van der Waals surface area contributed by atoms with E-state index in [0.29, 0.717) is 18.1 Å². The average Bonchev–Trinajstić information content (AvgIpc) is 3.40. The van der Waals surface area contributed by atoms with Crippen LogP contribution in [0.2, 0.25) is 0 Å². The summed E-state index contributed by atoms with van der Waals surface area (Å²) in [7, 11) is 0. The van der Waals surface area contributed by atoms with Gasteiger partial charge >= 0.3 is 0 Å². The van der Waals surface area contributed by atoms with Gasteiger partial charge in [-0.25, -0.2) is 0 Å². The van der Waals surface area contributed by atoms with Crippen LogP contribution in [0.15, 0.2) is 0 Å². The number of hydrogen-bond donors (Lipinski definition) is 0. The molecule has 0 bridgehead atoms. The van der Waals surface area contributed by atoms with Crippen LogP contribution in [0.5, 0.6) is 0 Å². The van der Waals surface area contributed by atoms with Gasteiger partial charge in [-0.15, -0.1) is 0 Å². The Kier molecular flexibility index (Phi) is 9.41. The number of epoxide rings is 2. The summed E-state index contributed by atoms with van der Waals surface area (Å²) >= 11 is 0. The standard InChI is InChI=1S/C18H34O4/c1-2-3-4-5-6-7-8-9-16(10-19-12-17-14-21-17)11-20-13-18-15-22-18/h16-18H,2-15H2,1H3. The van der Waals surface area contributed by atoms with Crippen LogP contribution in [0.1, 0.15) is 58.3 Å². The van der Waals surface area contributed by atoms with E-state index in [0.717, 1.165) is 39.6 Å². The molecule has 0 aromatic heterocycles. The second-order valence-electron chi connectivity index (χ2n) is 6.76. The fraction of sp³-hybridized carbons (Fsp3) is 1.00. The number of ether oxygens (including phenoxy) is 4. The largest absolute Gasteiger partial charge is 0.378 e. The highest BCUT2D eigenvalue weighted by Gasteiger charge is 2.24. The van der Waals surface area contributed by atoms with E-state index < -0.39 is 0 Å². The van der Waals surface area contributed by atoms with Crippen molar-refractivity contribution in [2.45, 2.75) is 70.5 Å². The molecule has 4 heteroatoms. The van der Waals surface area contributed by atoms with Gasteiger partial charge in [0.25, 0.3) is 0 Å². The zero-order chi connectivity index (χ0) is 15.5. The van der Waals surface area contributed by atoms with Gasteiger partial charge < -0.3 is 18.9 Å². The highest BCUT2D eigenvalue weighted by Crippen LogP contribution is 2.16. The zero-order valence-electron chi connectivity index (χ0n) is 14.3. The lowest BCUT2D eigenvalue weighted by Crippen LogP contribution is -2.19. The molecule has 0 aromatic carbocycles. The third kappa shape index (κ3) is 9.78. The highest BCUT2D eigenvalue weighted by molar-refractivity contribution is 4.69. The minimum absolute atomic E-state index is 0.361. The van der Waals surface area contributed by atoms with Crippen LogP contribution in [0.3, 0.4) is 0 Å². The second kappa shape index (κ2) is 11.4. The molecule has 0 saturated carbocycles. The Labute approximate surface area is 135 Å². The van der Waals surface area contributed by atoms with Crippen molar-refractivity contribution in [3.8, 4) is 0 Å². The predicted molar refractivity (Wildman–Crippen MR) is 87.2 cm³/mol. The third-order valence-corrected chi connectivity index (χ3v) is 4.34. The summed E-state index contributed by atoms with van der Waals surface area (Å²) in [4.78, 5) is 0. The Morgan fingerprint density at radius 2 is 1.32 bits per heavy atom. The van der Waals surface area contributed by atoms with Crippen LogP contribution in [-0.4, -0.2) is 51.8 Å². The van der Waals surface area contributed by atoms with Crippen molar-refractivity contribution in [1.29, 1.82) is 0 Å². The molecule has 4 nitrogen and oxygen atoms in total. The lowest BCUT2D eigenvalue weighted by atomic mass is 10.0. The first-order chi connectivity index (χ1) is 10.9. The monoisotopic (exact) mass is 314 g/mol. The quantitative estimate of drug-likeness (QED) is 0.323. The molecule has 2 fully saturated rings. The van der Waals surface area contributed by atoms with Gasteiger partial charge in [-0.3, -0.25) is 0 Å². The van der Waals surface area contributed by atoms with Crippen LogP contribution in [-0.2, 0) is 18.9 Å². The molecule has 22 heavy (non-hydrogen) atoms. The third-order valence-electron chi connectivity index (χ3n) is 4.34. The molecule has 2 aliphatic rings. The van der Waals surface area contributed by atoms with Crippen LogP contribution in [0.25, 0.3) is 0 Å². The summed E-state index contributed by atoms with van der Waals surface area (Å²) in [5.41, 5.74) is 0. The van der Waals surface area contributed by atoms with Crippen LogP contribution >= 0.6 is 0 Å². The number of unbranched alkanes of at least 4 members (excludes halogenated alkanes) is 6. The Hall–Kier alpha value is -0.160. The van der Waals surface area contributed by atoms with E-state index in [2.05, 4.69) is 6.92 Å². The van der Waals surface area contributed by atoms with Gasteiger partial charge in [-0.2, -0.15) is 0 Å². The van der Waals surface area contributed by atoms with Gasteiger partial charge in [0.05, 0.1) is 39.6 Å². The number of rotatable bonds is 16. The molecule has 2 heterocycles. The van der Waals surface area contributed by atoms with Crippen LogP contribution in [0, 0.1) is 5.92 Å². The van der Waals surface area contributed by atoms with Crippen molar-refractivity contribution in [2.75, 3.05) is 39.6 Å². The van der Waals surface area contributed by atoms with Gasteiger partial charge in [0.2, 0.25) is 0 Å². The van der Waals surface area contributed by atoms with Crippen LogP contribution < -0.4 is 0 Å². The van der Waals surface area contributed by atoms with E-state index in [9.17, 15) is 0 Å². The van der Waals surface area contributed by atoms with Crippen molar-refractivity contribution >= 4 is 0 Å². The minimum atomic E-state index is 0.361. The molecular formula is C18H34O4. The van der Waals surface area contributed by atoms with Crippen molar-refractivity contribution in [2.24, 2.45) is 5.92 Å². The van der Waals surface area contributed by atoms with E-state index in [4.69, 9.17) is 18.9 Å². The zero-order valence-corrected chi connectivity index (χ0v) is 14.3. The molecule has 2 saturated heterocycles. The smallest absolute Gasteiger partial charge is 0.104 e. The molecule has 0 aliphatic carbocycles. The first-order valence-corrected chi connectivity index (χ1v) is 9.27. The Bertz CT molecular complexity index is 246. The lowest BCUT2D eigenvalue weighted by Gasteiger charge is -2.17. The Morgan fingerprint density at radius 3 is 1.82 bits per heavy atom. The maximum absolute atomic E-state index is 5.77. The molecule has 2 rings (SSSR count). The molecule has 130 valence electrons. The molecule has 0 N–H and O–H groups in total. The molecule has 2 unspecified atom stereocenters. The molecule has 0 amide bonds. The summed E-state index contributed by atoms with van der Waals surface area (Å²) < 4.78 is 21.9. The lowest BCUT2D eigenvalue weighted by molar-refractivity contribution is 0.0260. The predicted octanol–water partition coefficient (Wildman–Crippen LogP) is 3.57. The maximum Gasteiger partial charge on any atom is 0.104 e. The first kappa shape index (κ1) is 18.2. The number of hydrogen-bond acceptors (Lipinski definition) is 4. The van der Waals surface area contributed by atoms with E-state index in [1.54, 1.807) is 0 Å². The van der Waals surface area contributed by atoms with Crippen molar-refractivity contribution < 1.29 is 18.9 Å². The summed E-state index contributed by atoms with van der Waals surface area (Å²) in [6.45, 7) is 7.13. The van der Waals surface area contributed by atoms with Gasteiger partial charge in [0, 0.05) is 5.92 Å². The van der Waals surface area contributed by atoms with E-state index >= 15 is 0 Å². The Morgan fingerprint density at radius 1 is 0.818 bits per heavy atom. The van der Waals surface area contributed by atoms with Gasteiger partial charge in [-0.1, -0.05) is 51.9 Å². The Balaban J connectivity index is 1.47. The topological polar surface area (TPSA) is 43.5 Å². The highest BCUT2D eigenvalue weighted by atomic mass is 16.6. The summed E-state index contributed by atoms with van der Waals surface area (Å²) in [5, 5.41) is 0. The molecular weight excluding hydrogens is 280 g/mol. The van der Waals surface area contributed by atoms with Crippen molar-refractivity contribution in [3.05, 3.63) is 0 Å². The molecule has 2 aliphatic heterocycles. The molecule has 2 atom stereocenters. The van der Waals surface area contributed by atoms with Crippen molar-refractivity contribution in [3.63, 3.8) is 0 Å². The first-order valence-electron chi connectivity index (χ1n) is 9.27. The normalized spacial score (nSPS) is 24.4. The SMILES string of the molecule is CCCCCCCCCC(COCC1CO1)COCC1CO1. The summed E-state index contributed by atoms with van der Waals surface area (Å²) in [6, 6.07) is 0. The van der Waals surface area contributed by atoms with Gasteiger partial charge in [-0.05, 0) is 6.42 Å². The molecule has 0 aromatic rings. The van der Waals surface area contributed by atoms with Gasteiger partial charge in [0.15, 0.2) is 0 Å².